The van der Waals surface area contributed by atoms with Gasteiger partial charge in [0.2, 0.25) is 23.3 Å². The number of nitrogens with zero attached hydrogens (tertiary/aromatic N) is 2. The molecule has 12 heteroatoms. The second-order valence-electron chi connectivity index (χ2n) is 33.2. The van der Waals surface area contributed by atoms with Gasteiger partial charge in [0.15, 0.2) is 34.5 Å². The third kappa shape index (κ3) is 45.6. The van der Waals surface area contributed by atoms with Crippen LogP contribution in [0.1, 0.15) is 438 Å². The van der Waals surface area contributed by atoms with Crippen molar-refractivity contribution in [1.29, 1.82) is 0 Å². The van der Waals surface area contributed by atoms with Crippen LogP contribution in [-0.4, -0.2) is 59.8 Å². The predicted molar refractivity (Wildman–Crippen MR) is 482 cm³/mol. The van der Waals surface area contributed by atoms with Crippen molar-refractivity contribution >= 4 is 0 Å². The zero-order chi connectivity index (χ0) is 80.9. The van der Waals surface area contributed by atoms with Crippen LogP contribution in [-0.2, 0) is 13.2 Å². The summed E-state index contributed by atoms with van der Waals surface area (Å²) in [6, 6.07) is 19.0. The number of hydrogen-bond acceptors (Lipinski definition) is 12. The minimum absolute atomic E-state index is 0.145. The Morgan fingerprint density at radius 3 is 0.623 bits per heavy atom. The summed E-state index contributed by atoms with van der Waals surface area (Å²) in [6.07, 6.45) is 78.5. The minimum atomic E-state index is -0.275. The largest absolute Gasteiger partial charge is 0.504 e. The van der Waals surface area contributed by atoms with Crippen molar-refractivity contribution < 1.29 is 48.1 Å². The summed E-state index contributed by atoms with van der Waals surface area (Å²) in [6.45, 7) is 17.5. The van der Waals surface area contributed by atoms with Crippen LogP contribution in [0, 0.1) is 0 Å². The van der Waals surface area contributed by atoms with E-state index in [0.29, 0.717) is 108 Å². The molecule has 0 saturated carbocycles. The molecule has 2 heterocycles. The number of pyridine rings is 2. The Bertz CT molecular complexity index is 2780. The van der Waals surface area contributed by atoms with Crippen LogP contribution in [0.25, 0.3) is 22.3 Å². The van der Waals surface area contributed by atoms with Crippen molar-refractivity contribution in [1.82, 2.24) is 9.97 Å². The van der Waals surface area contributed by atoms with E-state index in [2.05, 4.69) is 65.8 Å². The average Bonchev–Trinajstić information content (AvgIpc) is 0.780. The SMILES string of the molecule is CCCCCCCCCCCCOc1cc(COc2ncccc2-c2cc(O)c(O)cc2-c2cccnc2OCc2cc(OCCCCCCCCCCCC)c(OCCCCCCCCCCCC)c(OCCCCCCCCCCCC)c2)cc(OCCCCCCCCCCCC)c1OCCCCCCCCCCCC. The van der Waals surface area contributed by atoms with E-state index in [-0.39, 0.29) is 24.7 Å². The Labute approximate surface area is 698 Å². The van der Waals surface area contributed by atoms with Gasteiger partial charge in [-0.3, -0.25) is 0 Å². The Morgan fingerprint density at radius 1 is 0.219 bits per heavy atom. The number of benzene rings is 3. The predicted octanol–water partition coefficient (Wildman–Crippen LogP) is 32.2. The number of phenolic OH excluding ortho intramolecular Hbond substituents is 2. The van der Waals surface area contributed by atoms with Crippen molar-refractivity contribution in [2.75, 3.05) is 39.6 Å². The van der Waals surface area contributed by atoms with Gasteiger partial charge in [-0.15, -0.1) is 0 Å². The van der Waals surface area contributed by atoms with Gasteiger partial charge in [-0.25, -0.2) is 9.97 Å². The molecule has 0 bridgehead atoms. The zero-order valence-corrected chi connectivity index (χ0v) is 74.1. The standard InChI is InChI=1S/C102H168N2O10/c1-7-13-19-25-31-37-43-49-55-61-73-107-95-79-87(80-96(108-74-62-56-50-44-38-32-26-20-14-8-2)99(95)111-77-65-59-53-47-41-35-29-23-17-11-5)85-113-101-89(69-67-71-103-101)91-83-93(105)94(106)84-92(91)90-70-68-72-104-102(90)114-86-88-81-97(109-75-63-57-51-45-39-33-27-21-15-9-3)100(112-78-66-60-54-48-42-36-30-24-18-12-6)98(82-88)110-76-64-58-52-46-40-34-28-22-16-10-4/h67-72,79-84,105-106H,7-66,73-78,85-86H2,1-6H3. The summed E-state index contributed by atoms with van der Waals surface area (Å²) >= 11 is 0. The fraction of sp³-hybridized carbons (Fsp3) is 0.725. The fourth-order valence-electron chi connectivity index (χ4n) is 15.5. The number of phenols is 2. The Kier molecular flexibility index (Phi) is 59.6. The molecule has 0 amide bonds. The highest BCUT2D eigenvalue weighted by Gasteiger charge is 2.24. The van der Waals surface area contributed by atoms with Crippen molar-refractivity contribution in [3.05, 3.63) is 84.2 Å². The molecule has 0 radical (unpaired) electrons. The Balaban J connectivity index is 1.43. The molecule has 5 rings (SSSR count). The first kappa shape index (κ1) is 98.5. The molecule has 0 unspecified atom stereocenters. The highest BCUT2D eigenvalue weighted by Crippen LogP contribution is 2.47. The number of hydrogen-bond donors (Lipinski definition) is 2. The molecule has 0 spiro atoms. The van der Waals surface area contributed by atoms with Gasteiger partial charge in [-0.2, -0.15) is 0 Å². The number of unbranched alkanes of at least 4 members (excludes halogenated alkanes) is 54. The quantitative estimate of drug-likeness (QED) is 0.0283. The Morgan fingerprint density at radius 2 is 0.412 bits per heavy atom. The first-order valence-electron chi connectivity index (χ1n) is 48.2. The van der Waals surface area contributed by atoms with E-state index in [0.717, 1.165) is 88.2 Å². The molecule has 5 aromatic rings. The fourth-order valence-corrected chi connectivity index (χ4v) is 15.5. The maximum absolute atomic E-state index is 11.5. The van der Waals surface area contributed by atoms with Crippen molar-refractivity contribution in [3.63, 3.8) is 0 Å². The molecule has 2 aromatic heterocycles. The van der Waals surface area contributed by atoms with Crippen LogP contribution >= 0.6 is 0 Å². The highest BCUT2D eigenvalue weighted by atomic mass is 16.6. The second-order valence-corrected chi connectivity index (χ2v) is 33.2. The third-order valence-corrected chi connectivity index (χ3v) is 22.7. The molecule has 2 N–H and O–H groups in total. The van der Waals surface area contributed by atoms with Gasteiger partial charge in [0, 0.05) is 23.5 Å². The lowest BCUT2D eigenvalue weighted by Gasteiger charge is -2.20. The van der Waals surface area contributed by atoms with Gasteiger partial charge >= 0.3 is 0 Å². The van der Waals surface area contributed by atoms with Crippen LogP contribution in [0.4, 0.5) is 0 Å². The van der Waals surface area contributed by atoms with Gasteiger partial charge in [0.05, 0.1) is 39.6 Å². The molecule has 0 aliphatic rings. The van der Waals surface area contributed by atoms with E-state index in [4.69, 9.17) is 47.9 Å². The van der Waals surface area contributed by atoms with Gasteiger partial charge in [0.1, 0.15) is 13.2 Å². The van der Waals surface area contributed by atoms with Crippen molar-refractivity contribution in [2.24, 2.45) is 0 Å². The van der Waals surface area contributed by atoms with Gasteiger partial charge in [-0.1, -0.05) is 388 Å². The van der Waals surface area contributed by atoms with Gasteiger partial charge in [-0.05, 0) is 121 Å². The molecule has 12 nitrogen and oxygen atoms in total. The lowest BCUT2D eigenvalue weighted by molar-refractivity contribution is 0.232. The van der Waals surface area contributed by atoms with Gasteiger partial charge < -0.3 is 48.1 Å². The minimum Gasteiger partial charge on any atom is -0.504 e. The molecule has 114 heavy (non-hydrogen) atoms. The first-order valence-corrected chi connectivity index (χ1v) is 48.2. The van der Waals surface area contributed by atoms with E-state index in [1.165, 1.54) is 308 Å². The van der Waals surface area contributed by atoms with Crippen LogP contribution in [0.15, 0.2) is 73.1 Å². The highest BCUT2D eigenvalue weighted by molar-refractivity contribution is 5.89. The number of aromatic hydroxyl groups is 2. The molecular weight excluding hydrogens is 1410 g/mol. The van der Waals surface area contributed by atoms with Crippen molar-refractivity contribution in [2.45, 2.75) is 440 Å². The van der Waals surface area contributed by atoms with E-state index >= 15 is 0 Å². The smallest absolute Gasteiger partial charge is 0.221 e. The number of rotatable bonds is 80. The topological polar surface area (TPSA) is 140 Å². The normalized spacial score (nSPS) is 11.4. The van der Waals surface area contributed by atoms with E-state index in [1.54, 1.807) is 24.5 Å². The first-order chi connectivity index (χ1) is 56.3. The van der Waals surface area contributed by atoms with Crippen LogP contribution in [0.2, 0.25) is 0 Å². The summed E-state index contributed by atoms with van der Waals surface area (Å²) in [5.41, 5.74) is 4.11. The lowest BCUT2D eigenvalue weighted by Crippen LogP contribution is -2.08. The van der Waals surface area contributed by atoms with E-state index in [9.17, 15) is 10.2 Å². The second kappa shape index (κ2) is 69.0. The van der Waals surface area contributed by atoms with Crippen LogP contribution < -0.4 is 37.9 Å². The molecule has 0 saturated heterocycles. The Hall–Kier alpha value is -6.04. The van der Waals surface area contributed by atoms with Gasteiger partial charge in [0.25, 0.3) is 0 Å². The van der Waals surface area contributed by atoms with E-state index < -0.39 is 0 Å². The summed E-state index contributed by atoms with van der Waals surface area (Å²) in [5.74, 6) is 4.22. The number of aromatic nitrogens is 2. The van der Waals surface area contributed by atoms with Crippen molar-refractivity contribution in [3.8, 4) is 80.0 Å². The molecule has 646 valence electrons. The summed E-state index contributed by atoms with van der Waals surface area (Å²) < 4.78 is 54.7. The van der Waals surface area contributed by atoms with Crippen LogP contribution in [0.5, 0.6) is 57.8 Å². The molecule has 0 atom stereocenters. The molecule has 0 aliphatic heterocycles. The maximum Gasteiger partial charge on any atom is 0.221 e. The van der Waals surface area contributed by atoms with E-state index in [1.807, 2.05) is 24.3 Å². The average molecular weight is 1580 g/mol. The zero-order valence-electron chi connectivity index (χ0n) is 74.1. The summed E-state index contributed by atoms with van der Waals surface area (Å²) in [5, 5.41) is 22.9. The lowest BCUT2D eigenvalue weighted by atomic mass is 9.94. The van der Waals surface area contributed by atoms with Crippen LogP contribution in [0.3, 0.4) is 0 Å². The number of ether oxygens (including phenoxy) is 8. The molecule has 0 fully saturated rings. The molecule has 0 aliphatic carbocycles. The summed E-state index contributed by atoms with van der Waals surface area (Å²) in [4.78, 5) is 9.75. The maximum atomic E-state index is 11.5. The third-order valence-electron chi connectivity index (χ3n) is 22.7. The summed E-state index contributed by atoms with van der Waals surface area (Å²) in [7, 11) is 0. The molecule has 3 aromatic carbocycles. The molecular formula is C102H168N2O10. The monoisotopic (exact) mass is 1580 g/mol.